The van der Waals surface area contributed by atoms with Gasteiger partial charge in [-0.15, -0.1) is 0 Å². The molecule has 14 heteroatoms. The van der Waals surface area contributed by atoms with Gasteiger partial charge in [0.2, 0.25) is 0 Å². The second kappa shape index (κ2) is 12.4. The minimum absolute atomic E-state index is 0.0954. The Labute approximate surface area is 252 Å². The van der Waals surface area contributed by atoms with Crippen molar-refractivity contribution in [2.24, 2.45) is 11.6 Å². The van der Waals surface area contributed by atoms with Crippen LogP contribution in [0.1, 0.15) is 36.4 Å². The van der Waals surface area contributed by atoms with Gasteiger partial charge in [0, 0.05) is 48.0 Å². The number of hydrazine groups is 1. The van der Waals surface area contributed by atoms with Gasteiger partial charge in [-0.2, -0.15) is 22.7 Å². The summed E-state index contributed by atoms with van der Waals surface area (Å²) in [5.74, 6) is 2.47. The summed E-state index contributed by atoms with van der Waals surface area (Å²) in [6.45, 7) is 2.24. The third kappa shape index (κ3) is 6.93. The topological polar surface area (TPSA) is 120 Å². The first kappa shape index (κ1) is 32.6. The maximum Gasteiger partial charge on any atom is 0.394 e. The van der Waals surface area contributed by atoms with Crippen molar-refractivity contribution in [2.45, 2.75) is 44.3 Å². The molecule has 0 aliphatic rings. The van der Waals surface area contributed by atoms with E-state index in [0.29, 0.717) is 29.3 Å². The molecule has 1 unspecified atom stereocenters. The Hall–Kier alpha value is -4.27. The van der Waals surface area contributed by atoms with Crippen LogP contribution in [0.5, 0.6) is 5.75 Å². The van der Waals surface area contributed by atoms with Crippen LogP contribution in [0, 0.1) is 12.7 Å². The average molecular weight is 636 g/mol. The summed E-state index contributed by atoms with van der Waals surface area (Å²) in [4.78, 5) is 0.0954. The first-order valence-corrected chi connectivity index (χ1v) is 14.6. The lowest BCUT2D eigenvalue weighted by atomic mass is 10.0. The Morgan fingerprint density at radius 3 is 2.25 bits per heavy atom. The van der Waals surface area contributed by atoms with E-state index < -0.39 is 40.9 Å². The minimum Gasteiger partial charge on any atom is -0.433 e. The maximum atomic E-state index is 15.0. The van der Waals surface area contributed by atoms with E-state index in [1.54, 1.807) is 13.0 Å². The number of anilines is 1. The van der Waals surface area contributed by atoms with Crippen molar-refractivity contribution >= 4 is 22.2 Å². The summed E-state index contributed by atoms with van der Waals surface area (Å²) in [6, 6.07) is 14.0. The molecule has 4 rings (SSSR count). The standard InChI is InChI=1S/C30H30F5N5O3S/c1-17-11-28(29(2,32)33)38-40(17)24-10-7-19(20-12-23(31)22(16-41)27(14-20)44(4)42)13-25(24)39(37)26(15-36)18-5-8-21(9-6-18)43-30(3,34)35/h5-15,41H,16,36-37H2,1-4H3/b26-15-. The number of hydrogen-bond acceptors (Lipinski definition) is 7. The Bertz CT molecular complexity index is 1730. The molecular weight excluding hydrogens is 605 g/mol. The van der Waals surface area contributed by atoms with Crippen molar-refractivity contribution in [3.05, 3.63) is 95.2 Å². The summed E-state index contributed by atoms with van der Waals surface area (Å²) in [5, 5.41) is 14.9. The summed E-state index contributed by atoms with van der Waals surface area (Å²) in [6.07, 6.45) is -0.889. The molecule has 0 fully saturated rings. The first-order valence-electron chi connectivity index (χ1n) is 13.0. The third-order valence-corrected chi connectivity index (χ3v) is 7.60. The zero-order valence-corrected chi connectivity index (χ0v) is 24.9. The van der Waals surface area contributed by atoms with Gasteiger partial charge in [-0.3, -0.25) is 9.22 Å². The normalized spacial score (nSPS) is 13.2. The lowest BCUT2D eigenvalue weighted by Crippen LogP contribution is -2.31. The molecule has 0 spiro atoms. The van der Waals surface area contributed by atoms with Crippen LogP contribution in [-0.4, -0.2) is 31.5 Å². The molecule has 0 saturated carbocycles. The van der Waals surface area contributed by atoms with Gasteiger partial charge in [-0.1, -0.05) is 6.07 Å². The van der Waals surface area contributed by atoms with Crippen molar-refractivity contribution in [3.63, 3.8) is 0 Å². The van der Waals surface area contributed by atoms with Crippen LogP contribution < -0.4 is 21.3 Å². The van der Waals surface area contributed by atoms with Crippen LogP contribution in [0.4, 0.5) is 27.6 Å². The monoisotopic (exact) mass is 635 g/mol. The average Bonchev–Trinajstić information content (AvgIpc) is 3.34. The largest absolute Gasteiger partial charge is 0.433 e. The lowest BCUT2D eigenvalue weighted by Gasteiger charge is -2.26. The molecule has 0 bridgehead atoms. The van der Waals surface area contributed by atoms with Gasteiger partial charge in [0.25, 0.3) is 5.92 Å². The number of aliphatic hydroxyl groups excluding tert-OH is 1. The highest BCUT2D eigenvalue weighted by molar-refractivity contribution is 7.84. The SMILES string of the molecule is Cc1cc(C(C)(F)F)nn1-c1ccc(-c2cc(F)c(CO)c(S(C)=O)c2)cc1N(N)/C(=C\N)c1ccc(OC(C)(F)F)cc1. The van der Waals surface area contributed by atoms with E-state index in [1.165, 1.54) is 65.5 Å². The van der Waals surface area contributed by atoms with Crippen LogP contribution in [0.15, 0.2) is 71.8 Å². The van der Waals surface area contributed by atoms with E-state index in [4.69, 9.17) is 11.6 Å². The smallest absolute Gasteiger partial charge is 0.394 e. The number of alkyl halides is 4. The van der Waals surface area contributed by atoms with Gasteiger partial charge in [-0.25, -0.2) is 14.9 Å². The second-order valence-electron chi connectivity index (χ2n) is 10.1. The summed E-state index contributed by atoms with van der Waals surface area (Å²) >= 11 is 0. The van der Waals surface area contributed by atoms with Crippen LogP contribution in [0.3, 0.4) is 0 Å². The molecule has 8 nitrogen and oxygen atoms in total. The number of nitrogens with zero attached hydrogens (tertiary/aromatic N) is 3. The molecule has 234 valence electrons. The summed E-state index contributed by atoms with van der Waals surface area (Å²) in [5.41, 5.74) is 7.41. The highest BCUT2D eigenvalue weighted by Crippen LogP contribution is 2.37. The van der Waals surface area contributed by atoms with E-state index in [0.717, 1.165) is 18.1 Å². The van der Waals surface area contributed by atoms with E-state index >= 15 is 0 Å². The fourth-order valence-electron chi connectivity index (χ4n) is 4.54. The number of nitrogens with two attached hydrogens (primary N) is 2. The number of aromatic nitrogens is 2. The van der Waals surface area contributed by atoms with Crippen molar-refractivity contribution in [3.8, 4) is 22.6 Å². The molecule has 1 heterocycles. The molecule has 1 aromatic heterocycles. The molecule has 3 aromatic carbocycles. The van der Waals surface area contributed by atoms with Crippen molar-refractivity contribution < 1.29 is 36.0 Å². The van der Waals surface area contributed by atoms with Gasteiger partial charge in [0.15, 0.2) is 0 Å². The Balaban J connectivity index is 1.90. The number of halogens is 5. The zero-order chi connectivity index (χ0) is 32.6. The Kier molecular flexibility index (Phi) is 9.18. The van der Waals surface area contributed by atoms with Crippen LogP contribution in [0.25, 0.3) is 22.5 Å². The molecular formula is C30H30F5N5O3S. The zero-order valence-electron chi connectivity index (χ0n) is 24.1. The maximum absolute atomic E-state index is 15.0. The Morgan fingerprint density at radius 1 is 1.07 bits per heavy atom. The molecule has 4 aromatic rings. The highest BCUT2D eigenvalue weighted by Gasteiger charge is 2.30. The van der Waals surface area contributed by atoms with E-state index in [9.17, 15) is 31.3 Å². The van der Waals surface area contributed by atoms with E-state index in [-0.39, 0.29) is 33.3 Å². The highest BCUT2D eigenvalue weighted by atomic mass is 32.2. The molecule has 1 atom stereocenters. The third-order valence-electron chi connectivity index (χ3n) is 6.62. The first-order chi connectivity index (χ1) is 20.5. The fourth-order valence-corrected chi connectivity index (χ4v) is 5.34. The van der Waals surface area contributed by atoms with Crippen LogP contribution in [0.2, 0.25) is 0 Å². The molecule has 0 saturated heterocycles. The van der Waals surface area contributed by atoms with Crippen molar-refractivity contribution in [1.29, 1.82) is 0 Å². The van der Waals surface area contributed by atoms with Crippen molar-refractivity contribution in [1.82, 2.24) is 9.78 Å². The quantitative estimate of drug-likeness (QED) is 0.112. The van der Waals surface area contributed by atoms with Crippen LogP contribution >= 0.6 is 0 Å². The number of aliphatic hydroxyl groups is 1. The molecule has 44 heavy (non-hydrogen) atoms. The predicted molar refractivity (Wildman–Crippen MR) is 158 cm³/mol. The van der Waals surface area contributed by atoms with E-state index in [1.807, 2.05) is 0 Å². The number of benzene rings is 3. The van der Waals surface area contributed by atoms with Gasteiger partial charge < -0.3 is 15.6 Å². The number of hydrogen-bond donors (Lipinski definition) is 3. The molecule has 0 aliphatic carbocycles. The minimum atomic E-state index is -3.40. The molecule has 0 radical (unpaired) electrons. The molecule has 5 N–H and O–H groups in total. The predicted octanol–water partition coefficient (Wildman–Crippen LogP) is 5.96. The van der Waals surface area contributed by atoms with Gasteiger partial charge in [0.1, 0.15) is 17.3 Å². The number of aryl methyl sites for hydroxylation is 1. The summed E-state index contributed by atoms with van der Waals surface area (Å²) in [7, 11) is -1.64. The fraction of sp³-hybridized carbons (Fsp3) is 0.233. The van der Waals surface area contributed by atoms with E-state index in [2.05, 4.69) is 9.84 Å². The second-order valence-corrected chi connectivity index (χ2v) is 11.4. The number of ether oxygens (including phenoxy) is 1. The molecule has 0 amide bonds. The summed E-state index contributed by atoms with van der Waals surface area (Å²) < 4.78 is 88.2. The van der Waals surface area contributed by atoms with Gasteiger partial charge in [0.05, 0.1) is 34.5 Å². The lowest BCUT2D eigenvalue weighted by molar-refractivity contribution is -0.158. The Morgan fingerprint density at radius 2 is 1.73 bits per heavy atom. The van der Waals surface area contributed by atoms with Crippen molar-refractivity contribution in [2.75, 3.05) is 11.3 Å². The van der Waals surface area contributed by atoms with Crippen LogP contribution in [-0.2, 0) is 23.3 Å². The van der Waals surface area contributed by atoms with Gasteiger partial charge in [-0.05, 0) is 72.6 Å². The van der Waals surface area contributed by atoms with Gasteiger partial charge >= 0.3 is 6.11 Å². The number of rotatable bonds is 10. The molecule has 0 aliphatic heterocycles.